The van der Waals surface area contributed by atoms with E-state index in [1.165, 1.54) is 5.56 Å². The summed E-state index contributed by atoms with van der Waals surface area (Å²) in [7, 11) is 0. The van der Waals surface area contributed by atoms with E-state index < -0.39 is 0 Å². The van der Waals surface area contributed by atoms with Gasteiger partial charge in [-0.2, -0.15) is 5.10 Å². The second-order valence-electron chi connectivity index (χ2n) is 4.82. The van der Waals surface area contributed by atoms with Crippen LogP contribution in [-0.2, 0) is 6.54 Å². The molecule has 0 aromatic carbocycles. The summed E-state index contributed by atoms with van der Waals surface area (Å²) in [6.07, 6.45) is 6.45. The Labute approximate surface area is 99.2 Å². The van der Waals surface area contributed by atoms with Crippen LogP contribution in [0, 0.1) is 5.92 Å². The Hall–Kier alpha value is -0.830. The van der Waals surface area contributed by atoms with Crippen LogP contribution in [0.15, 0.2) is 12.4 Å². The van der Waals surface area contributed by atoms with Crippen molar-refractivity contribution in [2.45, 2.75) is 53.1 Å². The van der Waals surface area contributed by atoms with Crippen LogP contribution in [0.25, 0.3) is 0 Å². The number of hydrogen-bond donors (Lipinski definition) is 1. The summed E-state index contributed by atoms with van der Waals surface area (Å²) >= 11 is 0. The third-order valence-corrected chi connectivity index (χ3v) is 2.85. The largest absolute Gasteiger partial charge is 0.312 e. The van der Waals surface area contributed by atoms with E-state index in [4.69, 9.17) is 0 Å². The molecule has 0 aliphatic heterocycles. The van der Waals surface area contributed by atoms with E-state index in [9.17, 15) is 0 Å². The molecular weight excluding hydrogens is 198 g/mol. The molecule has 0 radical (unpaired) electrons. The summed E-state index contributed by atoms with van der Waals surface area (Å²) in [6, 6.07) is 0.554. The van der Waals surface area contributed by atoms with E-state index >= 15 is 0 Å². The van der Waals surface area contributed by atoms with Crippen LogP contribution < -0.4 is 5.32 Å². The highest BCUT2D eigenvalue weighted by Gasteiger charge is 2.07. The van der Waals surface area contributed by atoms with Gasteiger partial charge in [-0.3, -0.25) is 4.68 Å². The molecule has 0 fully saturated rings. The Morgan fingerprint density at radius 2 is 2.00 bits per heavy atom. The van der Waals surface area contributed by atoms with Gasteiger partial charge in [-0.05, 0) is 25.3 Å². The lowest BCUT2D eigenvalue weighted by Crippen LogP contribution is -2.18. The van der Waals surface area contributed by atoms with Crippen LogP contribution in [0.3, 0.4) is 0 Å². The van der Waals surface area contributed by atoms with Gasteiger partial charge in [-0.25, -0.2) is 0 Å². The standard InChI is InChI=1S/C13H25N3/c1-5-13(6-2)16-10-12(9-15-16)8-14-7-11(3)4/h9-11,13-14H,5-8H2,1-4H3. The molecule has 0 saturated carbocycles. The zero-order valence-electron chi connectivity index (χ0n) is 11.0. The normalized spacial score (nSPS) is 11.6. The van der Waals surface area contributed by atoms with Crippen LogP contribution in [0.1, 0.15) is 52.1 Å². The fraction of sp³-hybridized carbons (Fsp3) is 0.769. The maximum atomic E-state index is 4.43. The van der Waals surface area contributed by atoms with Gasteiger partial charge in [0.25, 0.3) is 0 Å². The Morgan fingerprint density at radius 3 is 2.56 bits per heavy atom. The Kier molecular flexibility index (Phi) is 5.53. The number of nitrogens with one attached hydrogen (secondary N) is 1. The maximum absolute atomic E-state index is 4.43. The van der Waals surface area contributed by atoms with Crippen molar-refractivity contribution in [3.8, 4) is 0 Å². The van der Waals surface area contributed by atoms with Gasteiger partial charge in [0.15, 0.2) is 0 Å². The molecule has 16 heavy (non-hydrogen) atoms. The van der Waals surface area contributed by atoms with E-state index in [0.717, 1.165) is 25.9 Å². The van der Waals surface area contributed by atoms with E-state index in [1.54, 1.807) is 0 Å². The quantitative estimate of drug-likeness (QED) is 0.770. The van der Waals surface area contributed by atoms with E-state index in [2.05, 4.69) is 49.0 Å². The fourth-order valence-corrected chi connectivity index (χ4v) is 1.84. The molecule has 0 bridgehead atoms. The monoisotopic (exact) mass is 223 g/mol. The van der Waals surface area contributed by atoms with Crippen molar-refractivity contribution >= 4 is 0 Å². The molecule has 0 atom stereocenters. The first-order chi connectivity index (χ1) is 7.67. The third-order valence-electron chi connectivity index (χ3n) is 2.85. The SMILES string of the molecule is CCC(CC)n1cc(CNCC(C)C)cn1. The van der Waals surface area contributed by atoms with Gasteiger partial charge in [0, 0.05) is 18.3 Å². The second kappa shape index (κ2) is 6.69. The van der Waals surface area contributed by atoms with E-state index in [-0.39, 0.29) is 0 Å². The molecule has 0 amide bonds. The first kappa shape index (κ1) is 13.2. The Bertz CT molecular complexity index is 287. The minimum Gasteiger partial charge on any atom is -0.312 e. The zero-order chi connectivity index (χ0) is 12.0. The molecule has 0 spiro atoms. The van der Waals surface area contributed by atoms with Crippen molar-refractivity contribution in [2.75, 3.05) is 6.54 Å². The predicted octanol–water partition coefficient (Wildman–Crippen LogP) is 2.99. The lowest BCUT2D eigenvalue weighted by atomic mass is 10.2. The van der Waals surface area contributed by atoms with Gasteiger partial charge in [-0.15, -0.1) is 0 Å². The summed E-state index contributed by atoms with van der Waals surface area (Å²) in [5.74, 6) is 0.703. The average molecular weight is 223 g/mol. The molecular formula is C13H25N3. The van der Waals surface area contributed by atoms with Crippen LogP contribution >= 0.6 is 0 Å². The molecule has 0 aliphatic carbocycles. The first-order valence-electron chi connectivity index (χ1n) is 6.41. The van der Waals surface area contributed by atoms with Gasteiger partial charge >= 0.3 is 0 Å². The fourth-order valence-electron chi connectivity index (χ4n) is 1.84. The Balaban J connectivity index is 2.44. The van der Waals surface area contributed by atoms with Gasteiger partial charge in [0.2, 0.25) is 0 Å². The highest BCUT2D eigenvalue weighted by molar-refractivity contribution is 5.04. The highest BCUT2D eigenvalue weighted by Crippen LogP contribution is 2.14. The molecule has 1 N–H and O–H groups in total. The molecule has 1 aromatic heterocycles. The summed E-state index contributed by atoms with van der Waals surface area (Å²) in [4.78, 5) is 0. The third kappa shape index (κ3) is 3.97. The smallest absolute Gasteiger partial charge is 0.0534 e. The molecule has 3 heteroatoms. The van der Waals surface area contributed by atoms with Crippen molar-refractivity contribution in [1.82, 2.24) is 15.1 Å². The zero-order valence-corrected chi connectivity index (χ0v) is 11.0. The molecule has 1 heterocycles. The summed E-state index contributed by atoms with van der Waals surface area (Å²) in [6.45, 7) is 10.9. The molecule has 3 nitrogen and oxygen atoms in total. The predicted molar refractivity (Wildman–Crippen MR) is 68.4 cm³/mol. The van der Waals surface area contributed by atoms with Crippen LogP contribution in [0.5, 0.6) is 0 Å². The minimum atomic E-state index is 0.554. The molecule has 0 aliphatic rings. The average Bonchev–Trinajstić information content (AvgIpc) is 2.68. The molecule has 1 aromatic rings. The number of aromatic nitrogens is 2. The summed E-state index contributed by atoms with van der Waals surface area (Å²) in [5, 5.41) is 7.87. The number of hydrogen-bond acceptors (Lipinski definition) is 2. The van der Waals surface area contributed by atoms with Crippen LogP contribution in [0.2, 0.25) is 0 Å². The van der Waals surface area contributed by atoms with Crippen molar-refractivity contribution in [3.63, 3.8) is 0 Å². The van der Waals surface area contributed by atoms with Crippen molar-refractivity contribution < 1.29 is 0 Å². The van der Waals surface area contributed by atoms with Gasteiger partial charge in [-0.1, -0.05) is 27.7 Å². The first-order valence-corrected chi connectivity index (χ1v) is 6.41. The van der Waals surface area contributed by atoms with Crippen molar-refractivity contribution in [3.05, 3.63) is 18.0 Å². The van der Waals surface area contributed by atoms with E-state index in [0.29, 0.717) is 12.0 Å². The lowest BCUT2D eigenvalue weighted by Gasteiger charge is -2.12. The van der Waals surface area contributed by atoms with E-state index in [1.807, 2.05) is 6.20 Å². The second-order valence-corrected chi connectivity index (χ2v) is 4.82. The Morgan fingerprint density at radius 1 is 1.31 bits per heavy atom. The summed E-state index contributed by atoms with van der Waals surface area (Å²) < 4.78 is 2.10. The lowest BCUT2D eigenvalue weighted by molar-refractivity contribution is 0.428. The molecule has 1 rings (SSSR count). The summed E-state index contributed by atoms with van der Waals surface area (Å²) in [5.41, 5.74) is 1.28. The van der Waals surface area contributed by atoms with Gasteiger partial charge in [0.05, 0.1) is 12.2 Å². The van der Waals surface area contributed by atoms with Crippen molar-refractivity contribution in [2.24, 2.45) is 5.92 Å². The minimum absolute atomic E-state index is 0.554. The maximum Gasteiger partial charge on any atom is 0.0534 e. The van der Waals surface area contributed by atoms with Crippen LogP contribution in [0.4, 0.5) is 0 Å². The number of rotatable bonds is 7. The highest BCUT2D eigenvalue weighted by atomic mass is 15.3. The molecule has 92 valence electrons. The van der Waals surface area contributed by atoms with Gasteiger partial charge in [0.1, 0.15) is 0 Å². The molecule has 0 saturated heterocycles. The van der Waals surface area contributed by atoms with Gasteiger partial charge < -0.3 is 5.32 Å². The molecule has 0 unspecified atom stereocenters. The van der Waals surface area contributed by atoms with Crippen LogP contribution in [-0.4, -0.2) is 16.3 Å². The number of nitrogens with zero attached hydrogens (tertiary/aromatic N) is 2. The topological polar surface area (TPSA) is 29.9 Å². The van der Waals surface area contributed by atoms with Crippen molar-refractivity contribution in [1.29, 1.82) is 0 Å².